The van der Waals surface area contributed by atoms with E-state index in [1.807, 2.05) is 12.1 Å². The van der Waals surface area contributed by atoms with Crippen LogP contribution in [-0.2, 0) is 14.9 Å². The van der Waals surface area contributed by atoms with Crippen molar-refractivity contribution >= 4 is 5.78 Å². The Labute approximate surface area is 144 Å². The average Bonchev–Trinajstić information content (AvgIpc) is 2.64. The molecular formula is C21H28O3. The van der Waals surface area contributed by atoms with Crippen LogP contribution >= 0.6 is 0 Å². The van der Waals surface area contributed by atoms with Crippen LogP contribution in [0.3, 0.4) is 0 Å². The van der Waals surface area contributed by atoms with Crippen LogP contribution in [0.15, 0.2) is 24.3 Å². The van der Waals surface area contributed by atoms with Crippen molar-refractivity contribution in [3.8, 4) is 5.75 Å². The summed E-state index contributed by atoms with van der Waals surface area (Å²) >= 11 is 0. The summed E-state index contributed by atoms with van der Waals surface area (Å²) in [7, 11) is 0. The average molecular weight is 328 g/mol. The highest BCUT2D eigenvalue weighted by Gasteiger charge is 2.50. The van der Waals surface area contributed by atoms with Crippen LogP contribution in [-0.4, -0.2) is 24.1 Å². The standard InChI is InChI=1S/C21H28O3/c22-18-3-1-17(2-4-18)21-10-7-20(8-11-21,9-12-21)15-19(23)16-5-13-24-14-6-16/h1-4,16,22H,5-15H2. The predicted octanol–water partition coefficient (Wildman–Crippen LogP) is 4.37. The number of rotatable bonds is 4. The van der Waals surface area contributed by atoms with E-state index < -0.39 is 0 Å². The van der Waals surface area contributed by atoms with Gasteiger partial charge in [-0.2, -0.15) is 0 Å². The quantitative estimate of drug-likeness (QED) is 0.893. The molecule has 4 fully saturated rings. The highest BCUT2D eigenvalue weighted by molar-refractivity contribution is 5.81. The van der Waals surface area contributed by atoms with Gasteiger partial charge in [-0.25, -0.2) is 0 Å². The van der Waals surface area contributed by atoms with E-state index in [1.165, 1.54) is 44.1 Å². The van der Waals surface area contributed by atoms with Gasteiger partial charge in [0.2, 0.25) is 0 Å². The van der Waals surface area contributed by atoms with Gasteiger partial charge in [-0.15, -0.1) is 0 Å². The van der Waals surface area contributed by atoms with Crippen molar-refractivity contribution in [3.05, 3.63) is 29.8 Å². The molecule has 130 valence electrons. The smallest absolute Gasteiger partial charge is 0.136 e. The summed E-state index contributed by atoms with van der Waals surface area (Å²) in [4.78, 5) is 12.8. The summed E-state index contributed by atoms with van der Waals surface area (Å²) < 4.78 is 5.40. The van der Waals surface area contributed by atoms with Crippen molar-refractivity contribution in [2.24, 2.45) is 11.3 Å². The van der Waals surface area contributed by atoms with E-state index in [0.29, 0.717) is 11.5 Å². The highest BCUT2D eigenvalue weighted by atomic mass is 16.5. The number of phenolic OH excluding ortho intramolecular Hbond substituents is 1. The van der Waals surface area contributed by atoms with E-state index in [1.54, 1.807) is 0 Å². The van der Waals surface area contributed by atoms with Gasteiger partial charge in [0.1, 0.15) is 11.5 Å². The van der Waals surface area contributed by atoms with Gasteiger partial charge in [0.05, 0.1) is 0 Å². The van der Waals surface area contributed by atoms with E-state index in [-0.39, 0.29) is 16.7 Å². The van der Waals surface area contributed by atoms with Crippen molar-refractivity contribution in [1.29, 1.82) is 0 Å². The molecule has 1 heterocycles. The Morgan fingerprint density at radius 3 is 2.17 bits per heavy atom. The van der Waals surface area contributed by atoms with Crippen LogP contribution in [0.25, 0.3) is 0 Å². The molecule has 3 heteroatoms. The van der Waals surface area contributed by atoms with E-state index in [9.17, 15) is 9.90 Å². The second-order valence-electron chi connectivity index (χ2n) is 8.36. The minimum Gasteiger partial charge on any atom is -0.508 e. The molecule has 2 bridgehead atoms. The number of ketones is 1. The van der Waals surface area contributed by atoms with Gasteiger partial charge in [0.25, 0.3) is 0 Å². The maximum absolute atomic E-state index is 12.8. The first-order valence-electron chi connectivity index (χ1n) is 9.51. The Morgan fingerprint density at radius 2 is 1.58 bits per heavy atom. The number of carbonyl (C=O) groups excluding carboxylic acids is 1. The van der Waals surface area contributed by atoms with E-state index in [4.69, 9.17) is 4.74 Å². The first kappa shape index (κ1) is 16.1. The molecule has 0 spiro atoms. The number of hydrogen-bond acceptors (Lipinski definition) is 3. The fourth-order valence-corrected chi connectivity index (χ4v) is 5.31. The number of carbonyl (C=O) groups is 1. The summed E-state index contributed by atoms with van der Waals surface area (Å²) in [6.45, 7) is 1.51. The fraction of sp³-hybridized carbons (Fsp3) is 0.667. The van der Waals surface area contributed by atoms with Crippen molar-refractivity contribution in [1.82, 2.24) is 0 Å². The molecule has 4 aliphatic rings. The third-order valence-electron chi connectivity index (χ3n) is 7.11. The predicted molar refractivity (Wildman–Crippen MR) is 93.1 cm³/mol. The summed E-state index contributed by atoms with van der Waals surface area (Å²) in [5, 5.41) is 9.54. The lowest BCUT2D eigenvalue weighted by Gasteiger charge is -2.54. The number of fused-ring (bicyclic) bond motifs is 3. The maximum atomic E-state index is 12.8. The molecule has 0 atom stereocenters. The van der Waals surface area contributed by atoms with E-state index in [0.717, 1.165) is 32.5 Å². The molecule has 1 aromatic carbocycles. The molecule has 1 N–H and O–H groups in total. The molecule has 3 aliphatic carbocycles. The molecule has 3 saturated carbocycles. The Kier molecular flexibility index (Phi) is 4.16. The molecule has 0 amide bonds. The number of ether oxygens (including phenoxy) is 1. The van der Waals surface area contributed by atoms with Crippen LogP contribution in [0.1, 0.15) is 63.4 Å². The van der Waals surface area contributed by atoms with Crippen LogP contribution in [0.4, 0.5) is 0 Å². The maximum Gasteiger partial charge on any atom is 0.136 e. The van der Waals surface area contributed by atoms with Gasteiger partial charge in [-0.1, -0.05) is 12.1 Å². The first-order valence-corrected chi connectivity index (χ1v) is 9.51. The van der Waals surface area contributed by atoms with Crippen molar-refractivity contribution in [3.63, 3.8) is 0 Å². The van der Waals surface area contributed by atoms with Crippen LogP contribution in [0.5, 0.6) is 5.75 Å². The molecule has 1 saturated heterocycles. The fourth-order valence-electron chi connectivity index (χ4n) is 5.31. The van der Waals surface area contributed by atoms with Crippen LogP contribution in [0, 0.1) is 11.3 Å². The molecule has 3 nitrogen and oxygen atoms in total. The zero-order valence-corrected chi connectivity index (χ0v) is 14.4. The third kappa shape index (κ3) is 2.88. The molecule has 5 rings (SSSR count). The molecule has 0 unspecified atom stereocenters. The van der Waals surface area contributed by atoms with Crippen molar-refractivity contribution in [2.75, 3.05) is 13.2 Å². The van der Waals surface area contributed by atoms with Gasteiger partial charge >= 0.3 is 0 Å². The normalized spacial score (nSPS) is 33.5. The molecule has 24 heavy (non-hydrogen) atoms. The van der Waals surface area contributed by atoms with Crippen molar-refractivity contribution in [2.45, 2.75) is 63.2 Å². The van der Waals surface area contributed by atoms with E-state index >= 15 is 0 Å². The molecule has 1 aromatic rings. The summed E-state index contributed by atoms with van der Waals surface area (Å²) in [5.74, 6) is 1.09. The number of Topliss-reactive ketones (excluding diaryl/α,β-unsaturated/α-hetero) is 1. The summed E-state index contributed by atoms with van der Waals surface area (Å²) in [6.07, 6.45) is 9.77. The second-order valence-corrected chi connectivity index (χ2v) is 8.36. The number of benzene rings is 1. The summed E-state index contributed by atoms with van der Waals surface area (Å²) in [5.41, 5.74) is 1.94. The molecule has 0 aromatic heterocycles. The molecule has 1 aliphatic heterocycles. The first-order chi connectivity index (χ1) is 11.6. The largest absolute Gasteiger partial charge is 0.508 e. The van der Waals surface area contributed by atoms with Gasteiger partial charge in [-0.05, 0) is 79.9 Å². The van der Waals surface area contributed by atoms with Crippen LogP contribution in [0.2, 0.25) is 0 Å². The molecular weight excluding hydrogens is 300 g/mol. The number of hydrogen-bond donors (Lipinski definition) is 1. The van der Waals surface area contributed by atoms with Crippen LogP contribution < -0.4 is 0 Å². The zero-order chi connectivity index (χ0) is 16.6. The highest BCUT2D eigenvalue weighted by Crippen LogP contribution is 2.59. The monoisotopic (exact) mass is 328 g/mol. The second kappa shape index (κ2) is 6.18. The van der Waals surface area contributed by atoms with Gasteiger partial charge < -0.3 is 9.84 Å². The van der Waals surface area contributed by atoms with Gasteiger partial charge in [0, 0.05) is 25.6 Å². The van der Waals surface area contributed by atoms with E-state index in [2.05, 4.69) is 12.1 Å². The van der Waals surface area contributed by atoms with Gasteiger partial charge in [-0.3, -0.25) is 4.79 Å². The summed E-state index contributed by atoms with van der Waals surface area (Å²) in [6, 6.07) is 7.83. The SMILES string of the molecule is O=C(CC12CCC(c3ccc(O)cc3)(CC1)CC2)C1CCOCC1. The van der Waals surface area contributed by atoms with Gasteiger partial charge in [0.15, 0.2) is 0 Å². The lowest BCUT2D eigenvalue weighted by molar-refractivity contribution is -0.130. The number of aromatic hydroxyl groups is 1. The Morgan fingerprint density at radius 1 is 1.00 bits per heavy atom. The lowest BCUT2D eigenvalue weighted by Crippen LogP contribution is -2.45. The minimum atomic E-state index is 0.249. The lowest BCUT2D eigenvalue weighted by atomic mass is 9.50. The minimum absolute atomic E-state index is 0.249. The third-order valence-corrected chi connectivity index (χ3v) is 7.11. The Bertz CT molecular complexity index is 573. The van der Waals surface area contributed by atoms with Crippen molar-refractivity contribution < 1.29 is 14.6 Å². The zero-order valence-electron chi connectivity index (χ0n) is 14.4. The number of phenols is 1. The Balaban J connectivity index is 1.43. The topological polar surface area (TPSA) is 46.5 Å². The molecule has 0 radical (unpaired) electrons. The Hall–Kier alpha value is -1.35.